The molecule has 1 aromatic rings. The van der Waals surface area contributed by atoms with E-state index in [1.54, 1.807) is 12.1 Å². The van der Waals surface area contributed by atoms with E-state index < -0.39 is 17.9 Å². The fraction of sp³-hybridized carbons (Fsp3) is 0.333. The Balaban J connectivity index is 2.24. The van der Waals surface area contributed by atoms with Gasteiger partial charge in [0.05, 0.1) is 12.0 Å². The highest BCUT2D eigenvalue weighted by Gasteiger charge is 2.53. The zero-order chi connectivity index (χ0) is 14.8. The fourth-order valence-electron chi connectivity index (χ4n) is 2.30. The molecular weight excluding hydrogens is 261 g/mol. The molecule has 1 saturated carbocycles. The van der Waals surface area contributed by atoms with E-state index in [1.807, 2.05) is 0 Å². The quantitative estimate of drug-likeness (QED) is 0.826. The van der Waals surface area contributed by atoms with Crippen molar-refractivity contribution >= 4 is 11.9 Å². The Morgan fingerprint density at radius 2 is 1.95 bits per heavy atom. The van der Waals surface area contributed by atoms with Crippen molar-refractivity contribution in [1.82, 2.24) is 4.90 Å². The molecule has 1 N–H and O–H groups in total. The lowest BCUT2D eigenvalue weighted by Crippen LogP contribution is -2.42. The first-order valence-electron chi connectivity index (χ1n) is 6.20. The second-order valence-electron chi connectivity index (χ2n) is 4.85. The SMILES string of the molecule is C#CCN(CC(=O)O)C(=O)C1(c2ccc(F)cc2)CC1. The zero-order valence-electron chi connectivity index (χ0n) is 10.8. The molecule has 1 aromatic carbocycles. The first kappa shape index (κ1) is 14.1. The van der Waals surface area contributed by atoms with Gasteiger partial charge in [-0.2, -0.15) is 0 Å². The molecule has 0 unspecified atom stereocenters. The number of carboxylic acid groups (broad SMARTS) is 1. The van der Waals surface area contributed by atoms with Gasteiger partial charge in [0.2, 0.25) is 5.91 Å². The van der Waals surface area contributed by atoms with Crippen LogP contribution < -0.4 is 0 Å². The molecule has 0 saturated heterocycles. The molecule has 0 bridgehead atoms. The summed E-state index contributed by atoms with van der Waals surface area (Å²) in [6, 6.07) is 5.72. The highest BCUT2D eigenvalue weighted by molar-refractivity contribution is 5.93. The molecule has 1 aliphatic carbocycles. The van der Waals surface area contributed by atoms with Gasteiger partial charge in [-0.05, 0) is 30.5 Å². The molecule has 0 aromatic heterocycles. The molecule has 1 aliphatic rings. The van der Waals surface area contributed by atoms with Crippen LogP contribution in [0.3, 0.4) is 0 Å². The molecule has 2 rings (SSSR count). The van der Waals surface area contributed by atoms with E-state index in [0.717, 1.165) is 4.90 Å². The average molecular weight is 275 g/mol. The van der Waals surface area contributed by atoms with E-state index in [1.165, 1.54) is 12.1 Å². The van der Waals surface area contributed by atoms with Crippen LogP contribution in [0.2, 0.25) is 0 Å². The lowest BCUT2D eigenvalue weighted by atomic mass is 9.94. The third-order valence-corrected chi connectivity index (χ3v) is 3.45. The summed E-state index contributed by atoms with van der Waals surface area (Å²) in [6.45, 7) is -0.472. The number of carbonyl (C=O) groups is 2. The minimum absolute atomic E-state index is 0.0475. The van der Waals surface area contributed by atoms with E-state index >= 15 is 0 Å². The average Bonchev–Trinajstić information content (AvgIpc) is 3.19. The summed E-state index contributed by atoms with van der Waals surface area (Å²) in [5.74, 6) is 0.515. The number of benzene rings is 1. The summed E-state index contributed by atoms with van der Waals surface area (Å²) < 4.78 is 12.9. The van der Waals surface area contributed by atoms with Crippen LogP contribution in [0.1, 0.15) is 18.4 Å². The predicted octanol–water partition coefficient (Wildman–Crippen LogP) is 1.40. The topological polar surface area (TPSA) is 57.6 Å². The molecule has 4 nitrogen and oxygen atoms in total. The summed E-state index contributed by atoms with van der Waals surface area (Å²) in [4.78, 5) is 24.5. The molecule has 0 aliphatic heterocycles. The van der Waals surface area contributed by atoms with Crippen LogP contribution in [0.25, 0.3) is 0 Å². The third-order valence-electron chi connectivity index (χ3n) is 3.45. The van der Waals surface area contributed by atoms with E-state index in [4.69, 9.17) is 11.5 Å². The first-order valence-corrected chi connectivity index (χ1v) is 6.20. The van der Waals surface area contributed by atoms with Crippen LogP contribution in [0.5, 0.6) is 0 Å². The van der Waals surface area contributed by atoms with Crippen molar-refractivity contribution in [2.24, 2.45) is 0 Å². The van der Waals surface area contributed by atoms with Crippen LogP contribution in [-0.2, 0) is 15.0 Å². The molecule has 20 heavy (non-hydrogen) atoms. The number of hydrogen-bond donors (Lipinski definition) is 1. The van der Waals surface area contributed by atoms with Gasteiger partial charge in [-0.3, -0.25) is 9.59 Å². The van der Waals surface area contributed by atoms with Crippen LogP contribution in [-0.4, -0.2) is 35.0 Å². The largest absolute Gasteiger partial charge is 0.480 e. The fourth-order valence-corrected chi connectivity index (χ4v) is 2.30. The van der Waals surface area contributed by atoms with Gasteiger partial charge in [0.1, 0.15) is 12.4 Å². The van der Waals surface area contributed by atoms with Crippen molar-refractivity contribution in [3.8, 4) is 12.3 Å². The van der Waals surface area contributed by atoms with Crippen LogP contribution >= 0.6 is 0 Å². The Hall–Kier alpha value is -2.35. The van der Waals surface area contributed by atoms with Gasteiger partial charge in [-0.15, -0.1) is 6.42 Å². The lowest BCUT2D eigenvalue weighted by Gasteiger charge is -2.24. The summed E-state index contributed by atoms with van der Waals surface area (Å²) >= 11 is 0. The van der Waals surface area contributed by atoms with E-state index in [-0.39, 0.29) is 18.3 Å². The Bertz CT molecular complexity index is 570. The van der Waals surface area contributed by atoms with Gasteiger partial charge in [0.15, 0.2) is 0 Å². The van der Waals surface area contributed by atoms with Gasteiger partial charge in [0.25, 0.3) is 0 Å². The van der Waals surface area contributed by atoms with Crippen LogP contribution in [0.4, 0.5) is 4.39 Å². The maximum atomic E-state index is 12.9. The van der Waals surface area contributed by atoms with E-state index in [2.05, 4.69) is 5.92 Å². The number of hydrogen-bond acceptors (Lipinski definition) is 2. The van der Waals surface area contributed by atoms with Gasteiger partial charge in [-0.1, -0.05) is 18.1 Å². The number of amides is 1. The maximum Gasteiger partial charge on any atom is 0.323 e. The number of rotatable bonds is 5. The van der Waals surface area contributed by atoms with Crippen molar-refractivity contribution < 1.29 is 19.1 Å². The Labute approximate surface area is 116 Å². The molecule has 1 fully saturated rings. The van der Waals surface area contributed by atoms with Crippen molar-refractivity contribution in [3.05, 3.63) is 35.6 Å². The third kappa shape index (κ3) is 2.64. The zero-order valence-corrected chi connectivity index (χ0v) is 10.8. The summed E-state index contributed by atoms with van der Waals surface area (Å²) in [5.41, 5.74) is -0.0312. The normalized spacial score (nSPS) is 15.2. The maximum absolute atomic E-state index is 12.9. The summed E-state index contributed by atoms with van der Waals surface area (Å²) in [7, 11) is 0. The number of carboxylic acids is 1. The van der Waals surface area contributed by atoms with Crippen molar-refractivity contribution in [3.63, 3.8) is 0 Å². The molecule has 5 heteroatoms. The molecule has 104 valence electrons. The number of halogens is 1. The molecule has 0 heterocycles. The minimum Gasteiger partial charge on any atom is -0.480 e. The minimum atomic E-state index is -1.11. The number of aliphatic carboxylic acids is 1. The second-order valence-corrected chi connectivity index (χ2v) is 4.85. The number of nitrogens with zero attached hydrogens (tertiary/aromatic N) is 1. The molecule has 0 spiro atoms. The smallest absolute Gasteiger partial charge is 0.323 e. The highest BCUT2D eigenvalue weighted by atomic mass is 19.1. The lowest BCUT2D eigenvalue weighted by molar-refractivity contribution is -0.145. The van der Waals surface area contributed by atoms with Crippen molar-refractivity contribution in [2.75, 3.05) is 13.1 Å². The van der Waals surface area contributed by atoms with E-state index in [0.29, 0.717) is 18.4 Å². The standard InChI is InChI=1S/C15H14FNO3/c1-2-9-17(10-13(18)19)14(20)15(7-8-15)11-3-5-12(16)6-4-11/h1,3-6H,7-10H2,(H,18,19). The highest BCUT2D eigenvalue weighted by Crippen LogP contribution is 2.49. The molecule has 1 amide bonds. The molecular formula is C15H14FNO3. The van der Waals surface area contributed by atoms with Crippen molar-refractivity contribution in [2.45, 2.75) is 18.3 Å². The summed E-state index contributed by atoms with van der Waals surface area (Å²) in [5, 5.41) is 8.84. The Morgan fingerprint density at radius 1 is 1.35 bits per heavy atom. The van der Waals surface area contributed by atoms with E-state index in [9.17, 15) is 14.0 Å². The van der Waals surface area contributed by atoms with Gasteiger partial charge >= 0.3 is 5.97 Å². The van der Waals surface area contributed by atoms with Gasteiger partial charge in [0, 0.05) is 0 Å². The first-order chi connectivity index (χ1) is 9.49. The van der Waals surface area contributed by atoms with Crippen molar-refractivity contribution in [1.29, 1.82) is 0 Å². The van der Waals surface area contributed by atoms with Gasteiger partial charge in [-0.25, -0.2) is 4.39 Å². The second kappa shape index (κ2) is 5.33. The van der Waals surface area contributed by atoms with Crippen LogP contribution in [0.15, 0.2) is 24.3 Å². The van der Waals surface area contributed by atoms with Gasteiger partial charge < -0.3 is 10.0 Å². The number of carbonyl (C=O) groups excluding carboxylic acids is 1. The van der Waals surface area contributed by atoms with Crippen LogP contribution in [0, 0.1) is 18.2 Å². The monoisotopic (exact) mass is 275 g/mol. The predicted molar refractivity (Wildman–Crippen MR) is 70.4 cm³/mol. The summed E-state index contributed by atoms with van der Waals surface area (Å²) in [6.07, 6.45) is 6.43. The Kier molecular flexibility index (Phi) is 3.75. The molecule has 0 atom stereocenters. The Morgan fingerprint density at radius 3 is 2.40 bits per heavy atom. The molecule has 0 radical (unpaired) electrons. The number of terminal acetylenes is 1.